The molecule has 0 aromatic carbocycles. The van der Waals surface area contributed by atoms with E-state index in [1.54, 1.807) is 0 Å². The topological polar surface area (TPSA) is 12.0 Å². The number of hydrogen-bond donors (Lipinski definition) is 1. The van der Waals surface area contributed by atoms with E-state index in [1.165, 1.54) is 5.70 Å². The molecular formula is C10H19N. The third kappa shape index (κ3) is 3.87. The molecule has 0 heterocycles. The minimum atomic E-state index is 0.188. The van der Waals surface area contributed by atoms with Crippen LogP contribution in [0.25, 0.3) is 0 Å². The van der Waals surface area contributed by atoms with Crippen LogP contribution < -0.4 is 5.32 Å². The van der Waals surface area contributed by atoms with Gasteiger partial charge in [0, 0.05) is 18.2 Å². The van der Waals surface area contributed by atoms with E-state index in [4.69, 9.17) is 0 Å². The Labute approximate surface area is 70.2 Å². The van der Waals surface area contributed by atoms with Crippen molar-refractivity contribution in [3.05, 3.63) is 23.9 Å². The van der Waals surface area contributed by atoms with Crippen molar-refractivity contribution >= 4 is 0 Å². The van der Waals surface area contributed by atoms with Crippen molar-refractivity contribution < 1.29 is 0 Å². The molecule has 0 aromatic rings. The van der Waals surface area contributed by atoms with Crippen LogP contribution in [0.15, 0.2) is 23.9 Å². The van der Waals surface area contributed by atoms with Crippen molar-refractivity contribution in [2.75, 3.05) is 7.05 Å². The third-order valence-electron chi connectivity index (χ3n) is 1.47. The maximum absolute atomic E-state index is 3.84. The highest BCUT2D eigenvalue weighted by Crippen LogP contribution is 2.23. The zero-order valence-corrected chi connectivity index (χ0v) is 8.28. The second-order valence-corrected chi connectivity index (χ2v) is 3.90. The van der Waals surface area contributed by atoms with Crippen molar-refractivity contribution in [1.29, 1.82) is 0 Å². The number of allylic oxidation sites excluding steroid dienone is 3. The molecule has 64 valence electrons. The smallest absolute Gasteiger partial charge is 0.0161 e. The van der Waals surface area contributed by atoms with Gasteiger partial charge in [-0.3, -0.25) is 0 Å². The van der Waals surface area contributed by atoms with Crippen LogP contribution in [0.5, 0.6) is 0 Å². The normalized spacial score (nSPS) is 13.0. The molecule has 0 atom stereocenters. The van der Waals surface area contributed by atoms with Crippen molar-refractivity contribution in [1.82, 2.24) is 5.32 Å². The lowest BCUT2D eigenvalue weighted by Crippen LogP contribution is -2.20. The zero-order chi connectivity index (χ0) is 9.07. The molecule has 1 nitrogen and oxygen atoms in total. The van der Waals surface area contributed by atoms with E-state index >= 15 is 0 Å². The average Bonchev–Trinajstić information content (AvgIpc) is 1.79. The Bertz CT molecular complexity index is 170. The van der Waals surface area contributed by atoms with E-state index in [2.05, 4.69) is 38.7 Å². The van der Waals surface area contributed by atoms with E-state index in [0.29, 0.717) is 0 Å². The van der Waals surface area contributed by atoms with Gasteiger partial charge in [-0.25, -0.2) is 0 Å². The summed E-state index contributed by atoms with van der Waals surface area (Å²) in [4.78, 5) is 0. The minimum Gasteiger partial charge on any atom is -0.391 e. The maximum atomic E-state index is 3.84. The molecule has 0 aliphatic carbocycles. The van der Waals surface area contributed by atoms with Gasteiger partial charge in [0.1, 0.15) is 0 Å². The summed E-state index contributed by atoms with van der Waals surface area (Å²) >= 11 is 0. The Morgan fingerprint density at radius 1 is 1.36 bits per heavy atom. The van der Waals surface area contributed by atoms with E-state index in [-0.39, 0.29) is 5.41 Å². The molecule has 0 unspecified atom stereocenters. The second-order valence-electron chi connectivity index (χ2n) is 3.90. The average molecular weight is 153 g/mol. The van der Waals surface area contributed by atoms with Crippen LogP contribution in [0.2, 0.25) is 0 Å². The summed E-state index contributed by atoms with van der Waals surface area (Å²) in [6.45, 7) is 12.4. The van der Waals surface area contributed by atoms with Gasteiger partial charge in [0.15, 0.2) is 0 Å². The SMILES string of the molecule is C=C(C)/C=C(\NC)C(C)(C)C. The van der Waals surface area contributed by atoms with Crippen LogP contribution in [0, 0.1) is 5.41 Å². The monoisotopic (exact) mass is 153 g/mol. The van der Waals surface area contributed by atoms with Crippen molar-refractivity contribution in [3.8, 4) is 0 Å². The van der Waals surface area contributed by atoms with Gasteiger partial charge >= 0.3 is 0 Å². The van der Waals surface area contributed by atoms with Gasteiger partial charge in [-0.15, -0.1) is 0 Å². The fraction of sp³-hybridized carbons (Fsp3) is 0.600. The Kier molecular flexibility index (Phi) is 3.37. The van der Waals surface area contributed by atoms with E-state index < -0.39 is 0 Å². The van der Waals surface area contributed by atoms with Gasteiger partial charge in [0.05, 0.1) is 0 Å². The molecule has 0 spiro atoms. The van der Waals surface area contributed by atoms with Gasteiger partial charge < -0.3 is 5.32 Å². The van der Waals surface area contributed by atoms with Crippen LogP contribution >= 0.6 is 0 Å². The maximum Gasteiger partial charge on any atom is 0.0161 e. The van der Waals surface area contributed by atoms with E-state index in [9.17, 15) is 0 Å². The molecule has 0 rings (SSSR count). The molecule has 0 bridgehead atoms. The third-order valence-corrected chi connectivity index (χ3v) is 1.47. The summed E-state index contributed by atoms with van der Waals surface area (Å²) in [6, 6.07) is 0. The lowest BCUT2D eigenvalue weighted by Gasteiger charge is -2.22. The van der Waals surface area contributed by atoms with Gasteiger partial charge in [-0.05, 0) is 13.0 Å². The fourth-order valence-electron chi connectivity index (χ4n) is 0.910. The van der Waals surface area contributed by atoms with Crippen molar-refractivity contribution in [3.63, 3.8) is 0 Å². The molecule has 0 radical (unpaired) electrons. The van der Waals surface area contributed by atoms with Crippen LogP contribution in [0.1, 0.15) is 27.7 Å². The Hall–Kier alpha value is -0.720. The first-order valence-electron chi connectivity index (χ1n) is 3.93. The summed E-state index contributed by atoms with van der Waals surface area (Å²) in [6.07, 6.45) is 2.08. The molecular weight excluding hydrogens is 134 g/mol. The standard InChI is InChI=1S/C10H19N/c1-8(2)7-9(11-6)10(3,4)5/h7,11H,1H2,2-6H3/b9-7-. The molecule has 1 N–H and O–H groups in total. The van der Waals surface area contributed by atoms with E-state index in [0.717, 1.165) is 5.57 Å². The lowest BCUT2D eigenvalue weighted by molar-refractivity contribution is 0.472. The molecule has 11 heavy (non-hydrogen) atoms. The molecule has 0 saturated heterocycles. The predicted octanol–water partition coefficient (Wildman–Crippen LogP) is 2.71. The van der Waals surface area contributed by atoms with Gasteiger partial charge in [-0.1, -0.05) is 32.9 Å². The van der Waals surface area contributed by atoms with E-state index in [1.807, 2.05) is 14.0 Å². The summed E-state index contributed by atoms with van der Waals surface area (Å²) in [5.41, 5.74) is 2.50. The molecule has 0 aliphatic heterocycles. The molecule has 0 amide bonds. The first-order chi connectivity index (χ1) is 4.88. The zero-order valence-electron chi connectivity index (χ0n) is 8.28. The molecule has 0 aromatic heterocycles. The predicted molar refractivity (Wildman–Crippen MR) is 51.4 cm³/mol. The highest BCUT2D eigenvalue weighted by Gasteiger charge is 2.14. The fourth-order valence-corrected chi connectivity index (χ4v) is 0.910. The highest BCUT2D eigenvalue weighted by molar-refractivity contribution is 5.21. The largest absolute Gasteiger partial charge is 0.391 e. The molecule has 1 heteroatoms. The van der Waals surface area contributed by atoms with Crippen molar-refractivity contribution in [2.45, 2.75) is 27.7 Å². The van der Waals surface area contributed by atoms with Gasteiger partial charge in [0.2, 0.25) is 0 Å². The summed E-state index contributed by atoms with van der Waals surface area (Å²) in [5, 5.41) is 3.17. The first-order valence-corrected chi connectivity index (χ1v) is 3.93. The van der Waals surface area contributed by atoms with Crippen LogP contribution in [0.4, 0.5) is 0 Å². The molecule has 0 saturated carbocycles. The van der Waals surface area contributed by atoms with Crippen LogP contribution in [-0.2, 0) is 0 Å². The Morgan fingerprint density at radius 3 is 1.91 bits per heavy atom. The highest BCUT2D eigenvalue weighted by atomic mass is 14.8. The quantitative estimate of drug-likeness (QED) is 0.601. The lowest BCUT2D eigenvalue weighted by atomic mass is 9.91. The number of nitrogens with one attached hydrogen (secondary N) is 1. The van der Waals surface area contributed by atoms with Crippen molar-refractivity contribution in [2.24, 2.45) is 5.41 Å². The van der Waals surface area contributed by atoms with Crippen LogP contribution in [-0.4, -0.2) is 7.05 Å². The Balaban J connectivity index is 4.54. The second kappa shape index (κ2) is 3.61. The minimum absolute atomic E-state index is 0.188. The molecule has 0 aliphatic rings. The summed E-state index contributed by atoms with van der Waals surface area (Å²) in [5.74, 6) is 0. The first kappa shape index (κ1) is 10.3. The van der Waals surface area contributed by atoms with Gasteiger partial charge in [0.25, 0.3) is 0 Å². The summed E-state index contributed by atoms with van der Waals surface area (Å²) < 4.78 is 0. The van der Waals surface area contributed by atoms with Gasteiger partial charge in [-0.2, -0.15) is 0 Å². The van der Waals surface area contributed by atoms with Crippen LogP contribution in [0.3, 0.4) is 0 Å². The Morgan fingerprint density at radius 2 is 1.82 bits per heavy atom. The molecule has 0 fully saturated rings. The number of hydrogen-bond acceptors (Lipinski definition) is 1. The number of rotatable bonds is 2. The summed E-state index contributed by atoms with van der Waals surface area (Å²) in [7, 11) is 1.94.